The standard InChI is InChI=1S/C14H24F3N3O/c1-3-8-18-13(2,11-21)7-4-5-9-20-10-6-12(19-20)14(15,16)17/h6,10,18,21H,3-5,7-9,11H2,1-2H3. The van der Waals surface area contributed by atoms with E-state index in [1.165, 1.54) is 10.9 Å². The summed E-state index contributed by atoms with van der Waals surface area (Å²) in [5.74, 6) is 0. The van der Waals surface area contributed by atoms with E-state index < -0.39 is 11.9 Å². The highest BCUT2D eigenvalue weighted by atomic mass is 19.4. The molecule has 1 atom stereocenters. The fourth-order valence-corrected chi connectivity index (χ4v) is 2.08. The lowest BCUT2D eigenvalue weighted by Crippen LogP contribution is -2.46. The van der Waals surface area contributed by atoms with Crippen LogP contribution in [0.5, 0.6) is 0 Å². The molecule has 4 nitrogen and oxygen atoms in total. The fourth-order valence-electron chi connectivity index (χ4n) is 2.08. The lowest BCUT2D eigenvalue weighted by atomic mass is 9.95. The Morgan fingerprint density at radius 2 is 2.05 bits per heavy atom. The lowest BCUT2D eigenvalue weighted by Gasteiger charge is -2.28. The molecule has 0 radical (unpaired) electrons. The molecule has 2 N–H and O–H groups in total. The van der Waals surface area contributed by atoms with Gasteiger partial charge < -0.3 is 10.4 Å². The number of halogens is 3. The van der Waals surface area contributed by atoms with Crippen LogP contribution in [0.4, 0.5) is 13.2 Å². The van der Waals surface area contributed by atoms with Crippen LogP contribution in [-0.2, 0) is 12.7 Å². The number of aromatic nitrogens is 2. The van der Waals surface area contributed by atoms with Gasteiger partial charge in [0, 0.05) is 18.3 Å². The first-order valence-electron chi connectivity index (χ1n) is 7.27. The fraction of sp³-hybridized carbons (Fsp3) is 0.786. The van der Waals surface area contributed by atoms with Crippen LogP contribution in [0.25, 0.3) is 0 Å². The van der Waals surface area contributed by atoms with E-state index in [9.17, 15) is 18.3 Å². The number of aryl methyl sites for hydroxylation is 1. The number of rotatable bonds is 9. The Bertz CT molecular complexity index is 420. The van der Waals surface area contributed by atoms with Gasteiger partial charge in [0.1, 0.15) is 0 Å². The Hall–Kier alpha value is -1.08. The maximum Gasteiger partial charge on any atom is 0.435 e. The topological polar surface area (TPSA) is 50.1 Å². The van der Waals surface area contributed by atoms with Crippen LogP contribution in [0.15, 0.2) is 12.3 Å². The minimum atomic E-state index is -4.38. The lowest BCUT2D eigenvalue weighted by molar-refractivity contribution is -0.141. The Labute approximate surface area is 123 Å². The number of hydrogen-bond donors (Lipinski definition) is 2. The van der Waals surface area contributed by atoms with Gasteiger partial charge >= 0.3 is 6.18 Å². The molecule has 0 fully saturated rings. The summed E-state index contributed by atoms with van der Waals surface area (Å²) in [7, 11) is 0. The van der Waals surface area contributed by atoms with Crippen LogP contribution < -0.4 is 5.32 Å². The number of nitrogens with one attached hydrogen (secondary N) is 1. The summed E-state index contributed by atoms with van der Waals surface area (Å²) in [5.41, 5.74) is -1.18. The van der Waals surface area contributed by atoms with Crippen LogP contribution in [-0.4, -0.2) is 33.6 Å². The van der Waals surface area contributed by atoms with Crippen molar-refractivity contribution in [1.82, 2.24) is 15.1 Å². The summed E-state index contributed by atoms with van der Waals surface area (Å²) in [6.07, 6.45) is 0.269. The molecule has 1 rings (SSSR count). The molecule has 0 aromatic carbocycles. The Kier molecular flexibility index (Phi) is 6.67. The SMILES string of the molecule is CCCNC(C)(CO)CCCCn1ccc(C(F)(F)F)n1. The normalized spacial score (nSPS) is 15.1. The van der Waals surface area contributed by atoms with Crippen molar-refractivity contribution in [2.24, 2.45) is 0 Å². The molecule has 0 bridgehead atoms. The molecule has 21 heavy (non-hydrogen) atoms. The third-order valence-corrected chi connectivity index (χ3v) is 3.45. The molecule has 0 amide bonds. The quantitative estimate of drug-likeness (QED) is 0.690. The Balaban J connectivity index is 2.35. The van der Waals surface area contributed by atoms with Gasteiger partial charge in [-0.2, -0.15) is 18.3 Å². The Morgan fingerprint density at radius 1 is 1.33 bits per heavy atom. The molecular weight excluding hydrogens is 283 g/mol. The summed E-state index contributed by atoms with van der Waals surface area (Å²) in [4.78, 5) is 0. The van der Waals surface area contributed by atoms with Gasteiger partial charge in [0.25, 0.3) is 0 Å². The molecule has 0 aliphatic heterocycles. The number of hydrogen-bond acceptors (Lipinski definition) is 3. The zero-order valence-corrected chi connectivity index (χ0v) is 12.6. The molecule has 0 aliphatic rings. The van der Waals surface area contributed by atoms with Crippen molar-refractivity contribution in [3.8, 4) is 0 Å². The van der Waals surface area contributed by atoms with E-state index in [4.69, 9.17) is 0 Å². The van der Waals surface area contributed by atoms with Crippen molar-refractivity contribution in [3.63, 3.8) is 0 Å². The number of nitrogens with zero attached hydrogens (tertiary/aromatic N) is 2. The summed E-state index contributed by atoms with van der Waals surface area (Å²) in [5, 5.41) is 16.2. The van der Waals surface area contributed by atoms with Crippen LogP contribution in [0, 0.1) is 0 Å². The summed E-state index contributed by atoms with van der Waals surface area (Å²) in [6.45, 7) is 5.35. The monoisotopic (exact) mass is 307 g/mol. The van der Waals surface area contributed by atoms with Gasteiger partial charge in [0.15, 0.2) is 5.69 Å². The van der Waals surface area contributed by atoms with E-state index in [2.05, 4.69) is 17.3 Å². The van der Waals surface area contributed by atoms with Gasteiger partial charge in [-0.1, -0.05) is 6.92 Å². The van der Waals surface area contributed by atoms with Gasteiger partial charge in [0.2, 0.25) is 0 Å². The third-order valence-electron chi connectivity index (χ3n) is 3.45. The first-order valence-corrected chi connectivity index (χ1v) is 7.27. The summed E-state index contributed by atoms with van der Waals surface area (Å²) < 4.78 is 38.5. The molecule has 1 unspecified atom stereocenters. The molecular formula is C14H24F3N3O. The molecule has 1 aromatic heterocycles. The highest BCUT2D eigenvalue weighted by Crippen LogP contribution is 2.27. The van der Waals surface area contributed by atoms with E-state index in [-0.39, 0.29) is 12.1 Å². The first kappa shape index (κ1) is 18.0. The summed E-state index contributed by atoms with van der Waals surface area (Å²) in [6, 6.07) is 0.987. The van der Waals surface area contributed by atoms with Crippen molar-refractivity contribution >= 4 is 0 Å². The van der Waals surface area contributed by atoms with Crippen molar-refractivity contribution < 1.29 is 18.3 Å². The van der Waals surface area contributed by atoms with E-state index in [0.717, 1.165) is 38.3 Å². The van der Waals surface area contributed by atoms with E-state index in [1.807, 2.05) is 6.92 Å². The molecule has 0 spiro atoms. The van der Waals surface area contributed by atoms with Crippen molar-refractivity contribution in [3.05, 3.63) is 18.0 Å². The first-order chi connectivity index (χ1) is 9.80. The average Bonchev–Trinajstić information content (AvgIpc) is 2.90. The largest absolute Gasteiger partial charge is 0.435 e. The second-order valence-corrected chi connectivity index (χ2v) is 5.56. The zero-order valence-electron chi connectivity index (χ0n) is 12.6. The van der Waals surface area contributed by atoms with E-state index >= 15 is 0 Å². The average molecular weight is 307 g/mol. The minimum absolute atomic E-state index is 0.0486. The molecule has 1 aromatic rings. The maximum absolute atomic E-state index is 12.4. The number of aliphatic hydroxyl groups is 1. The smallest absolute Gasteiger partial charge is 0.394 e. The van der Waals surface area contributed by atoms with Crippen LogP contribution in [0.1, 0.15) is 45.2 Å². The predicted molar refractivity (Wildman–Crippen MR) is 74.9 cm³/mol. The molecule has 1 heterocycles. The summed E-state index contributed by atoms with van der Waals surface area (Å²) >= 11 is 0. The predicted octanol–water partition coefficient (Wildman–Crippen LogP) is 2.82. The number of aliphatic hydroxyl groups excluding tert-OH is 1. The van der Waals surface area contributed by atoms with Crippen LogP contribution >= 0.6 is 0 Å². The van der Waals surface area contributed by atoms with Crippen molar-refractivity contribution in [1.29, 1.82) is 0 Å². The van der Waals surface area contributed by atoms with Gasteiger partial charge in [-0.3, -0.25) is 4.68 Å². The third kappa shape index (κ3) is 6.05. The van der Waals surface area contributed by atoms with Crippen molar-refractivity contribution in [2.75, 3.05) is 13.2 Å². The second kappa shape index (κ2) is 7.79. The van der Waals surface area contributed by atoms with Crippen LogP contribution in [0.2, 0.25) is 0 Å². The van der Waals surface area contributed by atoms with Crippen molar-refractivity contribution in [2.45, 2.75) is 57.8 Å². The molecule has 0 saturated carbocycles. The molecule has 7 heteroatoms. The van der Waals surface area contributed by atoms with Gasteiger partial charge in [0.05, 0.1) is 6.61 Å². The van der Waals surface area contributed by atoms with Gasteiger partial charge in [-0.25, -0.2) is 0 Å². The molecule has 122 valence electrons. The highest BCUT2D eigenvalue weighted by molar-refractivity contribution is 5.03. The highest BCUT2D eigenvalue weighted by Gasteiger charge is 2.33. The molecule has 0 aliphatic carbocycles. The van der Waals surface area contributed by atoms with Gasteiger partial charge in [-0.15, -0.1) is 0 Å². The van der Waals surface area contributed by atoms with E-state index in [0.29, 0.717) is 6.54 Å². The zero-order chi connectivity index (χ0) is 15.9. The minimum Gasteiger partial charge on any atom is -0.394 e. The number of alkyl halides is 3. The van der Waals surface area contributed by atoms with E-state index in [1.54, 1.807) is 0 Å². The Morgan fingerprint density at radius 3 is 2.57 bits per heavy atom. The number of unbranched alkanes of at least 4 members (excludes halogenated alkanes) is 1. The molecule has 0 saturated heterocycles. The van der Waals surface area contributed by atoms with Crippen LogP contribution in [0.3, 0.4) is 0 Å². The maximum atomic E-state index is 12.4. The van der Waals surface area contributed by atoms with Gasteiger partial charge in [-0.05, 0) is 45.2 Å². The second-order valence-electron chi connectivity index (χ2n) is 5.56.